The highest BCUT2D eigenvalue weighted by molar-refractivity contribution is 6.05. The smallest absolute Gasteiger partial charge is 0.407 e. The Morgan fingerprint density at radius 3 is 2.58 bits per heavy atom. The fraction of sp³-hybridized carbons (Fsp3) is 0.263. The van der Waals surface area contributed by atoms with E-state index in [-0.39, 0.29) is 5.82 Å². The largest absolute Gasteiger partial charge is 0.453 e. The minimum atomic E-state index is -0.654. The molecule has 0 unspecified atom stereocenters. The number of carbonyl (C=O) groups excluding carboxylic acids is 2. The van der Waals surface area contributed by atoms with E-state index in [4.69, 9.17) is 0 Å². The number of halogens is 2. The number of fused-ring (bicyclic) bond motifs is 1. The van der Waals surface area contributed by atoms with Gasteiger partial charge in [0.2, 0.25) is 0 Å². The summed E-state index contributed by atoms with van der Waals surface area (Å²) in [6.07, 6.45) is 0.271. The number of ether oxygens (including phenoxy) is 1. The van der Waals surface area contributed by atoms with Gasteiger partial charge in [-0.15, -0.1) is 0 Å². The van der Waals surface area contributed by atoms with Gasteiger partial charge in [0.25, 0.3) is 5.91 Å². The Kier molecular flexibility index (Phi) is 4.88. The lowest BCUT2D eigenvalue weighted by atomic mass is 10.0. The third kappa shape index (κ3) is 3.37. The Balaban J connectivity index is 1.88. The first kappa shape index (κ1) is 17.8. The van der Waals surface area contributed by atoms with Crippen LogP contribution in [0.1, 0.15) is 39.5 Å². The van der Waals surface area contributed by atoms with Gasteiger partial charge >= 0.3 is 6.09 Å². The number of methoxy groups -OCH3 is 1. The first-order chi connectivity index (χ1) is 12.4. The van der Waals surface area contributed by atoms with E-state index in [1.165, 1.54) is 37.4 Å². The number of hydrogen-bond donors (Lipinski definition) is 2. The second kappa shape index (κ2) is 7.11. The van der Waals surface area contributed by atoms with Crippen LogP contribution in [0.2, 0.25) is 0 Å². The third-order valence-corrected chi connectivity index (χ3v) is 4.47. The van der Waals surface area contributed by atoms with Crippen LogP contribution >= 0.6 is 0 Å². The molecular formula is C19H18F2N2O3. The molecule has 2 N–H and O–H groups in total. The second-order valence-electron chi connectivity index (χ2n) is 6.13. The maximum atomic E-state index is 14.3. The summed E-state index contributed by atoms with van der Waals surface area (Å²) in [5, 5.41) is 5.28. The molecule has 0 bridgehead atoms. The summed E-state index contributed by atoms with van der Waals surface area (Å²) in [6, 6.07) is 6.35. The highest BCUT2D eigenvalue weighted by Crippen LogP contribution is 2.35. The predicted molar refractivity (Wildman–Crippen MR) is 92.1 cm³/mol. The van der Waals surface area contributed by atoms with Gasteiger partial charge in [-0.2, -0.15) is 0 Å². The number of hydrogen-bond acceptors (Lipinski definition) is 3. The van der Waals surface area contributed by atoms with Crippen molar-refractivity contribution in [2.45, 2.75) is 25.8 Å². The predicted octanol–water partition coefficient (Wildman–Crippen LogP) is 3.87. The second-order valence-corrected chi connectivity index (χ2v) is 6.13. The van der Waals surface area contributed by atoms with Crippen LogP contribution < -0.4 is 10.6 Å². The zero-order valence-electron chi connectivity index (χ0n) is 14.4. The van der Waals surface area contributed by atoms with E-state index in [1.54, 1.807) is 6.92 Å². The maximum absolute atomic E-state index is 14.3. The molecule has 26 heavy (non-hydrogen) atoms. The number of rotatable bonds is 3. The van der Waals surface area contributed by atoms with Crippen LogP contribution in [0.4, 0.5) is 19.3 Å². The topological polar surface area (TPSA) is 67.4 Å². The standard InChI is InChI=1S/C19H18F2N2O3/c1-10-9-11(3-6-14(10)20)22-18(24)13-4-7-15(21)17-12(13)5-8-16(17)23-19(25)26-2/h3-4,6-7,9,16H,5,8H2,1-2H3,(H,22,24)(H,23,25)/t16-/m0/s1. The lowest BCUT2D eigenvalue weighted by Gasteiger charge is -2.15. The number of anilines is 1. The van der Waals surface area contributed by atoms with E-state index >= 15 is 0 Å². The monoisotopic (exact) mass is 360 g/mol. The number of nitrogens with one attached hydrogen (secondary N) is 2. The normalized spacial score (nSPS) is 15.3. The lowest BCUT2D eigenvalue weighted by Crippen LogP contribution is -2.27. The Labute approximate surface area is 149 Å². The molecular weight excluding hydrogens is 342 g/mol. The van der Waals surface area contributed by atoms with Crippen LogP contribution in [0.25, 0.3) is 0 Å². The van der Waals surface area contributed by atoms with Crippen molar-refractivity contribution < 1.29 is 23.1 Å². The third-order valence-electron chi connectivity index (χ3n) is 4.47. The summed E-state index contributed by atoms with van der Waals surface area (Å²) in [5.74, 6) is -1.25. The summed E-state index contributed by atoms with van der Waals surface area (Å²) in [5.41, 5.74) is 2.06. The number of alkyl carbamates (subject to hydrolysis) is 1. The molecule has 7 heteroatoms. The van der Waals surface area contributed by atoms with Gasteiger partial charge in [-0.1, -0.05) is 0 Å². The molecule has 136 valence electrons. The Bertz CT molecular complexity index is 883. The summed E-state index contributed by atoms with van der Waals surface area (Å²) in [6.45, 7) is 1.60. The molecule has 1 aliphatic rings. The van der Waals surface area contributed by atoms with Crippen molar-refractivity contribution in [1.29, 1.82) is 0 Å². The first-order valence-corrected chi connectivity index (χ1v) is 8.14. The van der Waals surface area contributed by atoms with E-state index < -0.39 is 23.9 Å². The number of carbonyl (C=O) groups is 2. The molecule has 0 aromatic heterocycles. The lowest BCUT2D eigenvalue weighted by molar-refractivity contribution is 0.102. The summed E-state index contributed by atoms with van der Waals surface area (Å²) >= 11 is 0. The van der Waals surface area contributed by atoms with Crippen molar-refractivity contribution in [3.63, 3.8) is 0 Å². The Hall–Kier alpha value is -2.96. The summed E-state index contributed by atoms with van der Waals surface area (Å²) < 4.78 is 32.2. The van der Waals surface area contributed by atoms with E-state index in [9.17, 15) is 18.4 Å². The molecule has 1 atom stereocenters. The number of aryl methyl sites for hydroxylation is 1. The molecule has 3 rings (SSSR count). The van der Waals surface area contributed by atoms with Gasteiger partial charge in [0.05, 0.1) is 13.2 Å². The van der Waals surface area contributed by atoms with Crippen LogP contribution in [-0.4, -0.2) is 19.1 Å². The van der Waals surface area contributed by atoms with E-state index in [0.29, 0.717) is 40.8 Å². The van der Waals surface area contributed by atoms with Crippen molar-refractivity contribution in [3.8, 4) is 0 Å². The molecule has 0 spiro atoms. The quantitative estimate of drug-likeness (QED) is 0.873. The SMILES string of the molecule is COC(=O)N[C@H]1CCc2c(C(=O)Nc3ccc(F)c(C)c3)ccc(F)c21. The fourth-order valence-electron chi connectivity index (χ4n) is 3.19. The average Bonchev–Trinajstić information content (AvgIpc) is 3.02. The molecule has 0 aliphatic heterocycles. The number of amides is 2. The van der Waals surface area contributed by atoms with Crippen molar-refractivity contribution >= 4 is 17.7 Å². The zero-order valence-corrected chi connectivity index (χ0v) is 14.4. The molecule has 0 saturated carbocycles. The van der Waals surface area contributed by atoms with E-state index in [0.717, 1.165) is 0 Å². The molecule has 0 fully saturated rings. The highest BCUT2D eigenvalue weighted by Gasteiger charge is 2.31. The number of benzene rings is 2. The maximum Gasteiger partial charge on any atom is 0.407 e. The van der Waals surface area contributed by atoms with Crippen LogP contribution in [0.3, 0.4) is 0 Å². The molecule has 5 nitrogen and oxygen atoms in total. The Morgan fingerprint density at radius 1 is 1.15 bits per heavy atom. The van der Waals surface area contributed by atoms with Crippen LogP contribution in [-0.2, 0) is 11.2 Å². The van der Waals surface area contributed by atoms with Crippen molar-refractivity contribution in [1.82, 2.24) is 5.32 Å². The van der Waals surface area contributed by atoms with Crippen molar-refractivity contribution in [3.05, 3.63) is 64.2 Å². The van der Waals surface area contributed by atoms with E-state index in [2.05, 4.69) is 15.4 Å². The van der Waals surface area contributed by atoms with Gasteiger partial charge in [-0.3, -0.25) is 4.79 Å². The Morgan fingerprint density at radius 2 is 1.88 bits per heavy atom. The van der Waals surface area contributed by atoms with Crippen LogP contribution in [0.15, 0.2) is 30.3 Å². The molecule has 2 amide bonds. The van der Waals surface area contributed by atoms with Gasteiger partial charge in [0.15, 0.2) is 0 Å². The van der Waals surface area contributed by atoms with Crippen molar-refractivity contribution in [2.24, 2.45) is 0 Å². The van der Waals surface area contributed by atoms with Gasteiger partial charge in [-0.25, -0.2) is 13.6 Å². The van der Waals surface area contributed by atoms with Gasteiger partial charge in [-0.05, 0) is 61.2 Å². The zero-order chi connectivity index (χ0) is 18.8. The minimum Gasteiger partial charge on any atom is -0.453 e. The molecule has 0 heterocycles. The van der Waals surface area contributed by atoms with Gasteiger partial charge < -0.3 is 15.4 Å². The molecule has 2 aromatic carbocycles. The molecule has 0 saturated heterocycles. The molecule has 1 aliphatic carbocycles. The van der Waals surface area contributed by atoms with Crippen LogP contribution in [0.5, 0.6) is 0 Å². The molecule has 0 radical (unpaired) electrons. The van der Waals surface area contributed by atoms with Crippen molar-refractivity contribution in [2.75, 3.05) is 12.4 Å². The average molecular weight is 360 g/mol. The molecule has 2 aromatic rings. The van der Waals surface area contributed by atoms with Gasteiger partial charge in [0.1, 0.15) is 11.6 Å². The van der Waals surface area contributed by atoms with E-state index in [1.807, 2.05) is 0 Å². The van der Waals surface area contributed by atoms with Gasteiger partial charge in [0, 0.05) is 16.8 Å². The highest BCUT2D eigenvalue weighted by atomic mass is 19.1. The first-order valence-electron chi connectivity index (χ1n) is 8.14. The summed E-state index contributed by atoms with van der Waals surface area (Å²) in [7, 11) is 1.23. The minimum absolute atomic E-state index is 0.304. The summed E-state index contributed by atoms with van der Waals surface area (Å²) in [4.78, 5) is 24.1. The fourth-order valence-corrected chi connectivity index (χ4v) is 3.19. The van der Waals surface area contributed by atoms with Crippen LogP contribution in [0, 0.1) is 18.6 Å².